The third kappa shape index (κ3) is 3.69. The zero-order valence-corrected chi connectivity index (χ0v) is 15.2. The van der Waals surface area contributed by atoms with E-state index in [2.05, 4.69) is 0 Å². The number of phenols is 3. The van der Waals surface area contributed by atoms with Gasteiger partial charge in [0.2, 0.25) is 5.75 Å². The van der Waals surface area contributed by atoms with E-state index in [0.717, 1.165) is 0 Å². The van der Waals surface area contributed by atoms with Crippen LogP contribution in [0.15, 0.2) is 12.1 Å². The average molecular weight is 352 g/mol. The van der Waals surface area contributed by atoms with Gasteiger partial charge >= 0.3 is 13.1 Å². The highest BCUT2D eigenvalue weighted by Gasteiger charge is 2.54. The van der Waals surface area contributed by atoms with Crippen LogP contribution >= 0.6 is 0 Å². The third-order valence-corrected chi connectivity index (χ3v) is 4.85. The molecule has 138 valence electrons. The molecule has 0 amide bonds. The number of esters is 1. The summed E-state index contributed by atoms with van der Waals surface area (Å²) in [6.07, 6.45) is -0.109. The summed E-state index contributed by atoms with van der Waals surface area (Å²) < 4.78 is 17.0. The van der Waals surface area contributed by atoms with Crippen LogP contribution in [0.5, 0.6) is 17.2 Å². The molecule has 0 bridgehead atoms. The molecule has 1 saturated heterocycles. The van der Waals surface area contributed by atoms with Gasteiger partial charge in [-0.1, -0.05) is 6.07 Å². The molecule has 7 nitrogen and oxygen atoms in total. The van der Waals surface area contributed by atoms with E-state index in [9.17, 15) is 20.1 Å². The Balaban J connectivity index is 2.42. The molecule has 0 aromatic heterocycles. The zero-order valence-electron chi connectivity index (χ0n) is 15.2. The van der Waals surface area contributed by atoms with Crippen LogP contribution in [-0.4, -0.2) is 46.2 Å². The van der Waals surface area contributed by atoms with Crippen molar-refractivity contribution in [3.8, 4) is 17.2 Å². The lowest BCUT2D eigenvalue weighted by molar-refractivity contribution is -0.143. The molecular formula is C17H25BO7. The Hall–Kier alpha value is -1.93. The first-order chi connectivity index (χ1) is 11.5. The Kier molecular flexibility index (Phi) is 5.25. The monoisotopic (exact) mass is 352 g/mol. The van der Waals surface area contributed by atoms with Crippen LogP contribution in [0, 0.1) is 0 Å². The second kappa shape index (κ2) is 6.76. The zero-order chi connectivity index (χ0) is 19.0. The lowest BCUT2D eigenvalue weighted by atomic mass is 9.66. The van der Waals surface area contributed by atoms with Gasteiger partial charge in [-0.3, -0.25) is 4.79 Å². The second-order valence-electron chi connectivity index (χ2n) is 7.11. The number of carbonyl (C=O) groups excluding carboxylic acids is 1. The van der Waals surface area contributed by atoms with Crippen molar-refractivity contribution >= 4 is 13.1 Å². The van der Waals surface area contributed by atoms with Crippen molar-refractivity contribution in [3.05, 3.63) is 17.7 Å². The molecule has 25 heavy (non-hydrogen) atoms. The molecule has 2 rings (SSSR count). The molecular weight excluding hydrogens is 327 g/mol. The van der Waals surface area contributed by atoms with Crippen LogP contribution in [-0.2, 0) is 18.8 Å². The predicted octanol–water partition coefficient (Wildman–Crippen LogP) is 2.47. The summed E-state index contributed by atoms with van der Waals surface area (Å²) in [6, 6.07) is 2.67. The van der Waals surface area contributed by atoms with E-state index in [1.165, 1.54) is 12.1 Å². The highest BCUT2D eigenvalue weighted by Crippen LogP contribution is 2.46. The number of aromatic hydroxyl groups is 3. The van der Waals surface area contributed by atoms with Gasteiger partial charge in [-0.05, 0) is 46.2 Å². The quantitative estimate of drug-likeness (QED) is 0.425. The van der Waals surface area contributed by atoms with Crippen LogP contribution in [0.4, 0.5) is 0 Å². The minimum absolute atomic E-state index is 0.109. The third-order valence-electron chi connectivity index (χ3n) is 4.85. The van der Waals surface area contributed by atoms with Gasteiger partial charge in [-0.2, -0.15) is 0 Å². The average Bonchev–Trinajstić information content (AvgIpc) is 2.72. The Morgan fingerprint density at radius 2 is 1.68 bits per heavy atom. The van der Waals surface area contributed by atoms with Crippen LogP contribution in [0.2, 0.25) is 0 Å². The number of hydrogen-bond donors (Lipinski definition) is 3. The van der Waals surface area contributed by atoms with Crippen LogP contribution in [0.1, 0.15) is 52.4 Å². The number of phenolic OH excluding ortho intramolecular Hbond substituents is 3. The molecule has 3 N–H and O–H groups in total. The first kappa shape index (κ1) is 19.4. The number of rotatable bonds is 5. The molecule has 0 radical (unpaired) electrons. The van der Waals surface area contributed by atoms with Crippen molar-refractivity contribution in [2.45, 2.75) is 58.1 Å². The number of benzene rings is 1. The van der Waals surface area contributed by atoms with Crippen molar-refractivity contribution in [2.75, 3.05) is 6.61 Å². The van der Waals surface area contributed by atoms with Gasteiger partial charge in [0.1, 0.15) is 0 Å². The van der Waals surface area contributed by atoms with Crippen LogP contribution in [0.3, 0.4) is 0 Å². The fraction of sp³-hybridized carbons (Fsp3) is 0.588. The summed E-state index contributed by atoms with van der Waals surface area (Å²) in [5.74, 6) is -2.81. The standard InChI is InChI=1S/C17H25BO7/c1-6-23-13(20)9-11(10-7-8-12(19)15(22)14(10)21)18-24-16(2,3)17(4,5)25-18/h7-8,11,19,21-22H,6,9H2,1-5H3. The minimum Gasteiger partial charge on any atom is -0.504 e. The molecule has 8 heteroatoms. The van der Waals surface area contributed by atoms with Gasteiger partial charge in [0.05, 0.1) is 24.2 Å². The maximum Gasteiger partial charge on any atom is 0.466 e. The van der Waals surface area contributed by atoms with Gasteiger partial charge in [-0.25, -0.2) is 0 Å². The van der Waals surface area contributed by atoms with E-state index in [0.29, 0.717) is 0 Å². The number of ether oxygens (including phenoxy) is 1. The summed E-state index contributed by atoms with van der Waals surface area (Å²) in [6.45, 7) is 9.43. The van der Waals surface area contributed by atoms with Gasteiger partial charge in [0.25, 0.3) is 0 Å². The van der Waals surface area contributed by atoms with E-state index < -0.39 is 47.4 Å². The number of hydrogen-bond acceptors (Lipinski definition) is 7. The fourth-order valence-electron chi connectivity index (χ4n) is 2.69. The predicted molar refractivity (Wildman–Crippen MR) is 91.5 cm³/mol. The topological polar surface area (TPSA) is 105 Å². The Bertz CT molecular complexity index is 641. The molecule has 1 heterocycles. The maximum atomic E-state index is 12.0. The van der Waals surface area contributed by atoms with E-state index in [4.69, 9.17) is 14.0 Å². The first-order valence-corrected chi connectivity index (χ1v) is 8.25. The molecule has 1 atom stereocenters. The van der Waals surface area contributed by atoms with Crippen molar-refractivity contribution in [2.24, 2.45) is 0 Å². The lowest BCUT2D eigenvalue weighted by Gasteiger charge is -2.32. The van der Waals surface area contributed by atoms with Crippen LogP contribution < -0.4 is 0 Å². The summed E-state index contributed by atoms with van der Waals surface area (Å²) >= 11 is 0. The Morgan fingerprint density at radius 1 is 1.12 bits per heavy atom. The molecule has 0 spiro atoms. The van der Waals surface area contributed by atoms with Crippen molar-refractivity contribution in [1.82, 2.24) is 0 Å². The summed E-state index contributed by atoms with van der Waals surface area (Å²) in [5, 5.41) is 29.6. The van der Waals surface area contributed by atoms with Gasteiger partial charge in [0.15, 0.2) is 11.5 Å². The molecule has 1 aliphatic heterocycles. The highest BCUT2D eigenvalue weighted by molar-refractivity contribution is 6.48. The first-order valence-electron chi connectivity index (χ1n) is 8.25. The number of carbonyl (C=O) groups is 1. The molecule has 1 aromatic carbocycles. The smallest absolute Gasteiger partial charge is 0.466 e. The highest BCUT2D eigenvalue weighted by atomic mass is 16.7. The van der Waals surface area contributed by atoms with E-state index in [1.54, 1.807) is 6.92 Å². The largest absolute Gasteiger partial charge is 0.504 e. The molecule has 1 aromatic rings. The minimum atomic E-state index is -0.829. The molecule has 1 unspecified atom stereocenters. The fourth-order valence-corrected chi connectivity index (χ4v) is 2.69. The second-order valence-corrected chi connectivity index (χ2v) is 7.11. The van der Waals surface area contributed by atoms with Gasteiger partial charge < -0.3 is 29.4 Å². The molecule has 0 aliphatic carbocycles. The lowest BCUT2D eigenvalue weighted by Crippen LogP contribution is -2.41. The Morgan fingerprint density at radius 3 is 2.20 bits per heavy atom. The van der Waals surface area contributed by atoms with E-state index in [1.807, 2.05) is 27.7 Å². The molecule has 0 saturated carbocycles. The summed E-state index contributed by atoms with van der Waals surface area (Å²) in [4.78, 5) is 12.0. The van der Waals surface area contributed by atoms with Crippen LogP contribution in [0.25, 0.3) is 0 Å². The van der Waals surface area contributed by atoms with Crippen molar-refractivity contribution < 1.29 is 34.2 Å². The van der Waals surface area contributed by atoms with E-state index in [-0.39, 0.29) is 18.6 Å². The van der Waals surface area contributed by atoms with Gasteiger partial charge in [-0.15, -0.1) is 0 Å². The Labute approximate surface area is 147 Å². The van der Waals surface area contributed by atoms with Crippen molar-refractivity contribution in [1.29, 1.82) is 0 Å². The maximum absolute atomic E-state index is 12.0. The SMILES string of the molecule is CCOC(=O)CC(B1OC(C)(C)C(C)(C)O1)c1ccc(O)c(O)c1O. The van der Waals surface area contributed by atoms with E-state index >= 15 is 0 Å². The van der Waals surface area contributed by atoms with Gasteiger partial charge in [0, 0.05) is 5.82 Å². The normalized spacial score (nSPS) is 19.6. The molecule has 1 aliphatic rings. The van der Waals surface area contributed by atoms with Crippen molar-refractivity contribution in [3.63, 3.8) is 0 Å². The summed E-state index contributed by atoms with van der Waals surface area (Å²) in [7, 11) is -0.829. The molecule has 1 fully saturated rings. The summed E-state index contributed by atoms with van der Waals surface area (Å²) in [5.41, 5.74) is -1.01.